The van der Waals surface area contributed by atoms with E-state index in [4.69, 9.17) is 9.72 Å². The van der Waals surface area contributed by atoms with Gasteiger partial charge in [-0.15, -0.1) is 0 Å². The first-order valence-corrected chi connectivity index (χ1v) is 12.0. The first-order valence-electron chi connectivity index (χ1n) is 12.0. The maximum atomic E-state index is 13.6. The lowest BCUT2D eigenvalue weighted by Gasteiger charge is -2.62. The van der Waals surface area contributed by atoms with E-state index in [-0.39, 0.29) is 23.8 Å². The van der Waals surface area contributed by atoms with Crippen LogP contribution in [0.1, 0.15) is 53.4 Å². The van der Waals surface area contributed by atoms with E-state index in [0.717, 1.165) is 29.9 Å². The molecule has 1 saturated heterocycles. The SMILES string of the molecule is Cc1cc2nc3c(c(=O)n2[nH]1)C[C@@]1(O)[C@@H]2Cc4ccc(O)c5c4[C@@]1(CCN2CC1CC1)[C@H]3O5. The highest BCUT2D eigenvalue weighted by Gasteiger charge is 2.73. The molecular formula is C25H26N4O4. The van der Waals surface area contributed by atoms with E-state index >= 15 is 0 Å². The highest BCUT2D eigenvalue weighted by Crippen LogP contribution is 2.68. The fourth-order valence-corrected chi connectivity index (χ4v) is 7.50. The monoisotopic (exact) mass is 446 g/mol. The van der Waals surface area contributed by atoms with Crippen molar-refractivity contribution in [2.45, 2.75) is 62.2 Å². The lowest BCUT2D eigenvalue weighted by atomic mass is 9.49. The number of aliphatic hydroxyl groups is 1. The van der Waals surface area contributed by atoms with Crippen LogP contribution in [-0.2, 0) is 18.3 Å². The third-order valence-electron chi connectivity index (χ3n) is 9.08. The second-order valence-corrected chi connectivity index (χ2v) is 10.8. The molecule has 2 bridgehead atoms. The molecule has 3 aromatic rings. The minimum Gasteiger partial charge on any atom is -0.504 e. The van der Waals surface area contributed by atoms with Crippen LogP contribution >= 0.6 is 0 Å². The van der Waals surface area contributed by atoms with Crippen molar-refractivity contribution < 1.29 is 14.9 Å². The van der Waals surface area contributed by atoms with Gasteiger partial charge >= 0.3 is 0 Å². The second kappa shape index (κ2) is 5.62. The topological polar surface area (TPSA) is 103 Å². The molecule has 2 fully saturated rings. The number of aromatic nitrogens is 3. The number of hydrogen-bond acceptors (Lipinski definition) is 6. The molecule has 3 N–H and O–H groups in total. The average Bonchev–Trinajstić information content (AvgIpc) is 3.40. The van der Waals surface area contributed by atoms with Crippen LogP contribution in [-0.4, -0.2) is 54.4 Å². The quantitative estimate of drug-likeness (QED) is 0.554. The Kier molecular flexibility index (Phi) is 3.16. The molecule has 33 heavy (non-hydrogen) atoms. The van der Waals surface area contributed by atoms with Crippen LogP contribution in [0.4, 0.5) is 0 Å². The van der Waals surface area contributed by atoms with Gasteiger partial charge in [-0.05, 0) is 56.7 Å². The summed E-state index contributed by atoms with van der Waals surface area (Å²) in [5.74, 6) is 1.26. The van der Waals surface area contributed by atoms with Crippen molar-refractivity contribution in [2.24, 2.45) is 5.92 Å². The summed E-state index contributed by atoms with van der Waals surface area (Å²) in [4.78, 5) is 20.9. The minimum absolute atomic E-state index is 0.0931. The summed E-state index contributed by atoms with van der Waals surface area (Å²) >= 11 is 0. The van der Waals surface area contributed by atoms with E-state index < -0.39 is 17.1 Å². The molecule has 0 unspecified atom stereocenters. The number of fused-ring (bicyclic) bond motifs is 3. The number of rotatable bonds is 2. The Labute approximate surface area is 189 Å². The fraction of sp³-hybridized carbons (Fsp3) is 0.520. The molecule has 5 aliphatic rings. The zero-order valence-electron chi connectivity index (χ0n) is 18.5. The summed E-state index contributed by atoms with van der Waals surface area (Å²) in [7, 11) is 0. The van der Waals surface area contributed by atoms with Gasteiger partial charge in [0, 0.05) is 41.9 Å². The van der Waals surface area contributed by atoms with Crippen molar-refractivity contribution in [2.75, 3.05) is 13.1 Å². The fourth-order valence-electron chi connectivity index (χ4n) is 7.50. The summed E-state index contributed by atoms with van der Waals surface area (Å²) in [5.41, 5.74) is 2.56. The molecule has 8 nitrogen and oxygen atoms in total. The van der Waals surface area contributed by atoms with Gasteiger partial charge in [-0.1, -0.05) is 6.07 Å². The lowest BCUT2D eigenvalue weighted by Crippen LogP contribution is -2.75. The molecule has 2 aromatic heterocycles. The molecular weight excluding hydrogens is 420 g/mol. The molecule has 8 rings (SSSR count). The maximum absolute atomic E-state index is 13.6. The Morgan fingerprint density at radius 3 is 3.00 bits per heavy atom. The summed E-state index contributed by atoms with van der Waals surface area (Å²) in [6, 6.07) is 5.45. The number of hydrogen-bond donors (Lipinski definition) is 3. The maximum Gasteiger partial charge on any atom is 0.276 e. The van der Waals surface area contributed by atoms with Crippen LogP contribution in [0, 0.1) is 12.8 Å². The lowest BCUT2D eigenvalue weighted by molar-refractivity contribution is -0.173. The van der Waals surface area contributed by atoms with Gasteiger partial charge in [0.1, 0.15) is 0 Å². The zero-order valence-corrected chi connectivity index (χ0v) is 18.5. The summed E-state index contributed by atoms with van der Waals surface area (Å²) in [6.45, 7) is 3.76. The number of nitrogens with zero attached hydrogens (tertiary/aromatic N) is 3. The van der Waals surface area contributed by atoms with Crippen LogP contribution < -0.4 is 10.3 Å². The van der Waals surface area contributed by atoms with Crippen LogP contribution in [0.25, 0.3) is 5.65 Å². The highest BCUT2D eigenvalue weighted by atomic mass is 16.5. The van der Waals surface area contributed by atoms with Gasteiger partial charge in [0.05, 0.1) is 16.7 Å². The molecule has 8 heteroatoms. The number of phenols is 1. The molecule has 0 radical (unpaired) electrons. The van der Waals surface area contributed by atoms with Crippen LogP contribution in [0.5, 0.6) is 11.5 Å². The van der Waals surface area contributed by atoms with Crippen molar-refractivity contribution in [1.29, 1.82) is 0 Å². The predicted octanol–water partition coefficient (Wildman–Crippen LogP) is 1.74. The number of ether oxygens (including phenoxy) is 1. The van der Waals surface area contributed by atoms with E-state index in [1.165, 1.54) is 17.4 Å². The first kappa shape index (κ1) is 18.6. The van der Waals surface area contributed by atoms with Gasteiger partial charge in [-0.25, -0.2) is 9.50 Å². The summed E-state index contributed by atoms with van der Waals surface area (Å²) < 4.78 is 7.96. The van der Waals surface area contributed by atoms with Gasteiger partial charge in [-0.2, -0.15) is 0 Å². The van der Waals surface area contributed by atoms with Crippen molar-refractivity contribution in [3.63, 3.8) is 0 Å². The molecule has 2 aliphatic heterocycles. The second-order valence-electron chi connectivity index (χ2n) is 10.8. The standard InChI is InChI=1S/C25H26N4O4/c1-12-8-18-26-20-15(23(31)29(18)27-12)10-25(32)17-9-14-4-5-16(30)21-19(14)24(25,22(20)33-21)6-7-28(17)11-13-2-3-13/h4-5,8,13,17,22,27,30,32H,2-3,6-7,9-11H2,1H3/t17-,22-,24-,25+/m0/s1. The number of benzene rings is 1. The molecule has 170 valence electrons. The summed E-state index contributed by atoms with van der Waals surface area (Å²) in [6.07, 6.45) is 3.57. The van der Waals surface area contributed by atoms with Crippen LogP contribution in [0.15, 0.2) is 23.0 Å². The van der Waals surface area contributed by atoms with Gasteiger partial charge in [-0.3, -0.25) is 14.8 Å². The van der Waals surface area contributed by atoms with Crippen molar-refractivity contribution >= 4 is 5.65 Å². The molecule has 3 aliphatic carbocycles. The summed E-state index contributed by atoms with van der Waals surface area (Å²) in [5, 5.41) is 26.5. The van der Waals surface area contributed by atoms with Crippen LogP contribution in [0.2, 0.25) is 0 Å². The molecule has 4 heterocycles. The Bertz CT molecular complexity index is 1440. The average molecular weight is 447 g/mol. The Morgan fingerprint density at radius 2 is 2.18 bits per heavy atom. The number of nitrogens with one attached hydrogen (secondary N) is 1. The number of aromatic hydroxyl groups is 1. The van der Waals surface area contributed by atoms with Crippen molar-refractivity contribution in [1.82, 2.24) is 19.5 Å². The largest absolute Gasteiger partial charge is 0.504 e. The molecule has 1 spiro atoms. The first-order chi connectivity index (χ1) is 15.9. The number of aryl methyl sites for hydroxylation is 1. The van der Waals surface area contributed by atoms with E-state index in [9.17, 15) is 15.0 Å². The highest BCUT2D eigenvalue weighted by molar-refractivity contribution is 5.64. The Balaban J connectivity index is 1.43. The van der Waals surface area contributed by atoms with E-state index in [2.05, 4.69) is 10.00 Å². The Hall–Kier alpha value is -2.84. The molecule has 0 amide bonds. The minimum atomic E-state index is -1.17. The van der Waals surface area contributed by atoms with Gasteiger partial charge in [0.15, 0.2) is 23.3 Å². The normalized spacial score (nSPS) is 33.6. The van der Waals surface area contributed by atoms with Crippen molar-refractivity contribution in [3.8, 4) is 11.5 Å². The third kappa shape index (κ3) is 2.02. The zero-order chi connectivity index (χ0) is 22.3. The van der Waals surface area contributed by atoms with Gasteiger partial charge < -0.3 is 14.9 Å². The van der Waals surface area contributed by atoms with E-state index in [1.807, 2.05) is 19.1 Å². The van der Waals surface area contributed by atoms with E-state index in [0.29, 0.717) is 41.4 Å². The van der Waals surface area contributed by atoms with Gasteiger partial charge in [0.2, 0.25) is 0 Å². The molecule has 4 atom stereocenters. The number of aromatic amines is 1. The Morgan fingerprint density at radius 1 is 1.33 bits per heavy atom. The van der Waals surface area contributed by atoms with E-state index in [1.54, 1.807) is 6.07 Å². The number of H-pyrrole nitrogens is 1. The van der Waals surface area contributed by atoms with Crippen LogP contribution in [0.3, 0.4) is 0 Å². The van der Waals surface area contributed by atoms with Gasteiger partial charge in [0.25, 0.3) is 5.56 Å². The number of phenolic OH excluding ortho intramolecular Hbond substituents is 1. The third-order valence-corrected chi connectivity index (χ3v) is 9.08. The smallest absolute Gasteiger partial charge is 0.276 e. The molecule has 1 saturated carbocycles. The molecule has 1 aromatic carbocycles. The van der Waals surface area contributed by atoms with Crippen molar-refractivity contribution in [3.05, 3.63) is 56.6 Å². The number of piperidine rings is 1. The number of likely N-dealkylation sites (tertiary alicyclic amines) is 1. The predicted molar refractivity (Wildman–Crippen MR) is 119 cm³/mol.